The van der Waals surface area contributed by atoms with Gasteiger partial charge in [0.25, 0.3) is 0 Å². The summed E-state index contributed by atoms with van der Waals surface area (Å²) in [4.78, 5) is 11.4. The lowest BCUT2D eigenvalue weighted by atomic mass is 9.44. The van der Waals surface area contributed by atoms with Crippen molar-refractivity contribution in [3.05, 3.63) is 34.4 Å². The Morgan fingerprint density at radius 3 is 2.50 bits per heavy atom. The molecule has 3 fully saturated rings. The maximum atomic E-state index is 12.2. The molecule has 0 aromatic carbocycles. The molecule has 0 radical (unpaired) electrons. The quantitative estimate of drug-likeness (QED) is 0.700. The van der Waals surface area contributed by atoms with E-state index in [1.165, 1.54) is 44.6 Å². The first-order chi connectivity index (χ1) is 13.3. The Labute approximate surface area is 169 Å². The Morgan fingerprint density at radius 1 is 1.07 bits per heavy atom. The summed E-state index contributed by atoms with van der Waals surface area (Å²) >= 11 is 0. The van der Waals surface area contributed by atoms with E-state index in [1.54, 1.807) is 6.26 Å². The summed E-state index contributed by atoms with van der Waals surface area (Å²) in [5.41, 5.74) is 0.445. The highest BCUT2D eigenvalue weighted by Crippen LogP contribution is 2.69. The third-order valence-corrected chi connectivity index (χ3v) is 9.66. The van der Waals surface area contributed by atoms with Crippen LogP contribution in [0.3, 0.4) is 0 Å². The van der Waals surface area contributed by atoms with Crippen molar-refractivity contribution in [2.24, 2.45) is 28.6 Å². The Kier molecular flexibility index (Phi) is 5.05. The second-order valence-corrected chi connectivity index (χ2v) is 10.5. The van der Waals surface area contributed by atoms with Crippen LogP contribution < -0.4 is 5.63 Å². The molecule has 0 amide bonds. The van der Waals surface area contributed by atoms with E-state index >= 15 is 0 Å². The molecule has 0 spiro atoms. The van der Waals surface area contributed by atoms with Crippen LogP contribution in [0.25, 0.3) is 0 Å². The molecule has 1 aromatic heterocycles. The van der Waals surface area contributed by atoms with Crippen molar-refractivity contribution in [1.82, 2.24) is 0 Å². The fourth-order valence-electron chi connectivity index (χ4n) is 8.20. The van der Waals surface area contributed by atoms with Gasteiger partial charge in [0.15, 0.2) is 0 Å². The lowest BCUT2D eigenvalue weighted by Gasteiger charge is -2.62. The average Bonchev–Trinajstić information content (AvgIpc) is 2.95. The zero-order valence-electron chi connectivity index (χ0n) is 18.2. The van der Waals surface area contributed by atoms with E-state index in [2.05, 4.69) is 27.7 Å². The zero-order valence-corrected chi connectivity index (χ0v) is 18.2. The summed E-state index contributed by atoms with van der Waals surface area (Å²) < 4.78 is 5.19. The van der Waals surface area contributed by atoms with E-state index in [1.807, 2.05) is 6.07 Å². The standard InChI is InChI=1S/C25H38O3/c1-5-13-23(3)18(6-2)8-9-21-20(23)11-14-24(4)19(12-15-25(21,24)27)17-7-10-22(26)28-16-17/h7,10,16,18-21,27H,5-6,8-9,11-15H2,1-4H3/t18-,19+,20?,21?,23-,24+,25-/m0/s1. The van der Waals surface area contributed by atoms with Crippen LogP contribution in [0.15, 0.2) is 27.6 Å². The van der Waals surface area contributed by atoms with Gasteiger partial charge in [-0.25, -0.2) is 4.79 Å². The first kappa shape index (κ1) is 20.2. The van der Waals surface area contributed by atoms with Crippen molar-refractivity contribution in [2.75, 3.05) is 0 Å². The molecule has 3 saturated carbocycles. The minimum atomic E-state index is -0.593. The molecule has 1 aromatic rings. The normalized spacial score (nSPS) is 45.5. The van der Waals surface area contributed by atoms with Crippen molar-refractivity contribution < 1.29 is 9.52 Å². The predicted molar refractivity (Wildman–Crippen MR) is 112 cm³/mol. The van der Waals surface area contributed by atoms with E-state index in [9.17, 15) is 9.90 Å². The molecular weight excluding hydrogens is 348 g/mol. The molecule has 3 aliphatic carbocycles. The first-order valence-corrected chi connectivity index (χ1v) is 11.6. The van der Waals surface area contributed by atoms with Crippen molar-refractivity contribution in [3.63, 3.8) is 0 Å². The number of aliphatic hydroxyl groups is 1. The molecular formula is C25H38O3. The van der Waals surface area contributed by atoms with Gasteiger partial charge in [-0.2, -0.15) is 0 Å². The summed E-state index contributed by atoms with van der Waals surface area (Å²) in [5, 5.41) is 12.2. The van der Waals surface area contributed by atoms with Crippen LogP contribution in [0.4, 0.5) is 0 Å². The zero-order chi connectivity index (χ0) is 20.2. The van der Waals surface area contributed by atoms with Crippen molar-refractivity contribution >= 4 is 0 Å². The molecule has 0 saturated heterocycles. The minimum Gasteiger partial charge on any atom is -0.431 e. The van der Waals surface area contributed by atoms with Gasteiger partial charge in [0.2, 0.25) is 0 Å². The SMILES string of the molecule is CCC[C@]1(C)C2CC[C@]3(C)[C@@H](c4ccc(=O)oc4)CC[C@]3(O)C2CC[C@@H]1CC. The number of rotatable bonds is 4. The first-order valence-electron chi connectivity index (χ1n) is 11.6. The molecule has 7 atom stereocenters. The molecule has 3 aliphatic rings. The Morgan fingerprint density at radius 2 is 1.86 bits per heavy atom. The summed E-state index contributed by atoms with van der Waals surface area (Å²) in [5.74, 6) is 2.12. The van der Waals surface area contributed by atoms with Crippen LogP contribution in [0, 0.1) is 28.6 Å². The molecule has 156 valence electrons. The van der Waals surface area contributed by atoms with Gasteiger partial charge in [-0.1, -0.05) is 40.5 Å². The van der Waals surface area contributed by atoms with Crippen molar-refractivity contribution in [2.45, 2.75) is 97.0 Å². The molecule has 4 rings (SSSR count). The van der Waals surface area contributed by atoms with E-state index in [-0.39, 0.29) is 17.0 Å². The molecule has 28 heavy (non-hydrogen) atoms. The third kappa shape index (κ3) is 2.68. The molecule has 3 heteroatoms. The molecule has 1 heterocycles. The van der Waals surface area contributed by atoms with E-state index < -0.39 is 5.60 Å². The van der Waals surface area contributed by atoms with E-state index in [0.29, 0.717) is 17.3 Å². The number of hydrogen-bond acceptors (Lipinski definition) is 3. The van der Waals surface area contributed by atoms with Gasteiger partial charge in [0.1, 0.15) is 0 Å². The molecule has 0 bridgehead atoms. The molecule has 2 unspecified atom stereocenters. The average molecular weight is 387 g/mol. The van der Waals surface area contributed by atoms with Crippen LogP contribution in [0.2, 0.25) is 0 Å². The van der Waals surface area contributed by atoms with Gasteiger partial charge in [-0.3, -0.25) is 0 Å². The monoisotopic (exact) mass is 386 g/mol. The van der Waals surface area contributed by atoms with Crippen molar-refractivity contribution in [3.8, 4) is 0 Å². The van der Waals surface area contributed by atoms with Gasteiger partial charge >= 0.3 is 5.63 Å². The third-order valence-electron chi connectivity index (χ3n) is 9.66. The molecule has 1 N–H and O–H groups in total. The fourth-order valence-corrected chi connectivity index (χ4v) is 8.20. The number of hydrogen-bond donors (Lipinski definition) is 1. The van der Waals surface area contributed by atoms with Gasteiger partial charge in [0.05, 0.1) is 11.9 Å². The lowest BCUT2D eigenvalue weighted by Crippen LogP contribution is -2.61. The van der Waals surface area contributed by atoms with Crippen LogP contribution in [-0.2, 0) is 0 Å². The maximum absolute atomic E-state index is 12.2. The Balaban J connectivity index is 1.69. The van der Waals surface area contributed by atoms with E-state index in [0.717, 1.165) is 30.7 Å². The predicted octanol–water partition coefficient (Wildman–Crippen LogP) is 5.91. The Bertz CT molecular complexity index is 749. The fraction of sp³-hybridized carbons (Fsp3) is 0.800. The smallest absolute Gasteiger partial charge is 0.335 e. The second kappa shape index (κ2) is 7.00. The maximum Gasteiger partial charge on any atom is 0.335 e. The highest BCUT2D eigenvalue weighted by Gasteiger charge is 2.66. The summed E-state index contributed by atoms with van der Waals surface area (Å²) in [6, 6.07) is 3.46. The van der Waals surface area contributed by atoms with Gasteiger partial charge in [-0.15, -0.1) is 0 Å². The van der Waals surface area contributed by atoms with Gasteiger partial charge in [0, 0.05) is 11.5 Å². The second-order valence-electron chi connectivity index (χ2n) is 10.5. The van der Waals surface area contributed by atoms with Gasteiger partial charge < -0.3 is 9.52 Å². The summed E-state index contributed by atoms with van der Waals surface area (Å²) in [6.45, 7) is 9.52. The molecule has 3 nitrogen and oxygen atoms in total. The van der Waals surface area contributed by atoms with Crippen molar-refractivity contribution in [1.29, 1.82) is 0 Å². The van der Waals surface area contributed by atoms with Crippen LogP contribution >= 0.6 is 0 Å². The Hall–Kier alpha value is -1.09. The lowest BCUT2D eigenvalue weighted by molar-refractivity contribution is -0.197. The number of fused-ring (bicyclic) bond motifs is 3. The topological polar surface area (TPSA) is 50.4 Å². The highest BCUT2D eigenvalue weighted by atomic mass is 16.4. The van der Waals surface area contributed by atoms with Gasteiger partial charge in [-0.05, 0) is 85.7 Å². The highest BCUT2D eigenvalue weighted by molar-refractivity contribution is 5.26. The molecule has 0 aliphatic heterocycles. The van der Waals surface area contributed by atoms with Crippen LogP contribution in [-0.4, -0.2) is 10.7 Å². The van der Waals surface area contributed by atoms with E-state index in [4.69, 9.17) is 4.42 Å². The summed E-state index contributed by atoms with van der Waals surface area (Å²) in [6.07, 6.45) is 12.0. The largest absolute Gasteiger partial charge is 0.431 e. The summed E-state index contributed by atoms with van der Waals surface area (Å²) in [7, 11) is 0. The van der Waals surface area contributed by atoms with Crippen LogP contribution in [0.5, 0.6) is 0 Å². The van der Waals surface area contributed by atoms with Crippen LogP contribution in [0.1, 0.15) is 97.0 Å². The minimum absolute atomic E-state index is 0.125.